The lowest BCUT2D eigenvalue weighted by molar-refractivity contribution is -0.138. The highest BCUT2D eigenvalue weighted by Crippen LogP contribution is 2.28. The topological polar surface area (TPSA) is 78.5 Å². The summed E-state index contributed by atoms with van der Waals surface area (Å²) in [6.45, 7) is 1.58. The summed E-state index contributed by atoms with van der Waals surface area (Å²) in [5.41, 5.74) is 2.10. The van der Waals surface area contributed by atoms with Crippen molar-refractivity contribution in [3.8, 4) is 0 Å². The monoisotopic (exact) mass is 391 g/mol. The molecule has 6 nitrogen and oxygen atoms in total. The lowest BCUT2D eigenvalue weighted by Gasteiger charge is -2.22. The molecule has 8 heteroatoms. The quantitative estimate of drug-likeness (QED) is 0.786. The minimum Gasteiger partial charge on any atom is -0.318 e. The molecule has 1 saturated heterocycles. The molecule has 0 aliphatic carbocycles. The second-order valence-electron chi connectivity index (χ2n) is 5.97. The number of carbonyl (C=O) groups is 3. The Kier molecular flexibility index (Phi) is 4.89. The smallest absolute Gasteiger partial charge is 0.318 e. The van der Waals surface area contributed by atoms with Crippen molar-refractivity contribution in [2.45, 2.75) is 18.9 Å². The van der Waals surface area contributed by atoms with Crippen LogP contribution < -0.4 is 10.7 Å². The first kappa shape index (κ1) is 18.2. The Morgan fingerprint density at radius 2 is 1.69 bits per heavy atom. The number of benzene rings is 2. The molecule has 4 amide bonds. The van der Waals surface area contributed by atoms with Gasteiger partial charge >= 0.3 is 6.03 Å². The molecule has 2 N–H and O–H groups in total. The van der Waals surface area contributed by atoms with E-state index >= 15 is 0 Å². The Hall–Kier alpha value is -2.57. The molecule has 0 radical (unpaired) electrons. The zero-order valence-electron chi connectivity index (χ0n) is 13.8. The Morgan fingerprint density at radius 1 is 1.08 bits per heavy atom. The number of hydrogen-bond donors (Lipinski definition) is 2. The van der Waals surface area contributed by atoms with Gasteiger partial charge in [0.2, 0.25) is 5.91 Å². The number of halogens is 2. The minimum atomic E-state index is -1.26. The van der Waals surface area contributed by atoms with E-state index in [-0.39, 0.29) is 6.42 Å². The van der Waals surface area contributed by atoms with E-state index in [1.807, 2.05) is 0 Å². The molecular formula is C18H15Cl2N3O3. The molecule has 1 aliphatic heterocycles. The number of carbonyl (C=O) groups excluding carboxylic acids is 3. The predicted molar refractivity (Wildman–Crippen MR) is 97.5 cm³/mol. The summed E-state index contributed by atoms with van der Waals surface area (Å²) in [5.74, 6) is -1.16. The van der Waals surface area contributed by atoms with Gasteiger partial charge in [0.15, 0.2) is 0 Å². The average molecular weight is 392 g/mol. The third kappa shape index (κ3) is 3.25. The van der Waals surface area contributed by atoms with Gasteiger partial charge in [0.1, 0.15) is 5.54 Å². The molecule has 0 spiro atoms. The molecular weight excluding hydrogens is 377 g/mol. The lowest BCUT2D eigenvalue weighted by Crippen LogP contribution is -2.48. The van der Waals surface area contributed by atoms with E-state index in [4.69, 9.17) is 23.2 Å². The lowest BCUT2D eigenvalue weighted by atomic mass is 9.92. The summed E-state index contributed by atoms with van der Waals surface area (Å²) < 4.78 is 0. The van der Waals surface area contributed by atoms with Crippen LogP contribution in [0.1, 0.15) is 18.1 Å². The van der Waals surface area contributed by atoms with Gasteiger partial charge in [-0.2, -0.15) is 5.01 Å². The van der Waals surface area contributed by atoms with Crippen molar-refractivity contribution in [3.63, 3.8) is 0 Å². The van der Waals surface area contributed by atoms with Crippen LogP contribution in [0.2, 0.25) is 10.0 Å². The zero-order valence-corrected chi connectivity index (χ0v) is 15.3. The van der Waals surface area contributed by atoms with Crippen molar-refractivity contribution >= 4 is 41.0 Å². The number of urea groups is 1. The summed E-state index contributed by atoms with van der Waals surface area (Å²) in [5, 5.41) is 3.95. The van der Waals surface area contributed by atoms with Crippen molar-refractivity contribution in [2.24, 2.45) is 0 Å². The summed E-state index contributed by atoms with van der Waals surface area (Å²) in [4.78, 5) is 37.3. The fourth-order valence-corrected chi connectivity index (χ4v) is 3.26. The van der Waals surface area contributed by atoms with E-state index in [0.29, 0.717) is 26.2 Å². The van der Waals surface area contributed by atoms with Gasteiger partial charge in [-0.3, -0.25) is 15.0 Å². The molecule has 0 bridgehead atoms. The van der Waals surface area contributed by atoms with Gasteiger partial charge in [0.05, 0.1) is 6.42 Å². The van der Waals surface area contributed by atoms with Crippen LogP contribution >= 0.6 is 23.2 Å². The number of imide groups is 1. The number of nitrogens with zero attached hydrogens (tertiary/aromatic N) is 1. The van der Waals surface area contributed by atoms with E-state index < -0.39 is 23.4 Å². The van der Waals surface area contributed by atoms with E-state index in [1.54, 1.807) is 55.5 Å². The van der Waals surface area contributed by atoms with Crippen LogP contribution in [0.15, 0.2) is 48.5 Å². The van der Waals surface area contributed by atoms with Crippen molar-refractivity contribution in [1.29, 1.82) is 0 Å². The largest absolute Gasteiger partial charge is 0.344 e. The van der Waals surface area contributed by atoms with Crippen LogP contribution in [0.5, 0.6) is 0 Å². The molecule has 0 unspecified atom stereocenters. The second-order valence-corrected chi connectivity index (χ2v) is 6.79. The highest BCUT2D eigenvalue weighted by Gasteiger charge is 2.49. The first-order valence-electron chi connectivity index (χ1n) is 7.77. The Morgan fingerprint density at radius 3 is 2.31 bits per heavy atom. The second kappa shape index (κ2) is 6.97. The standard InChI is InChI=1S/C18H15Cl2N3O3/c1-18(11-6-3-2-4-7-11)16(25)23(17(26)21-18)22-15(24)10-12-13(19)8-5-9-14(12)20/h2-9H,10H2,1H3,(H,21,26)(H,22,24)/t18-/m0/s1. The molecule has 2 aromatic carbocycles. The summed E-state index contributed by atoms with van der Waals surface area (Å²) in [6.07, 6.45) is -0.169. The molecule has 0 aromatic heterocycles. The van der Waals surface area contributed by atoms with Crippen LogP contribution in [-0.2, 0) is 21.5 Å². The minimum absolute atomic E-state index is 0.169. The van der Waals surface area contributed by atoms with E-state index in [0.717, 1.165) is 0 Å². The van der Waals surface area contributed by atoms with Gasteiger partial charge in [0.25, 0.3) is 5.91 Å². The fourth-order valence-electron chi connectivity index (χ4n) is 2.73. The third-order valence-corrected chi connectivity index (χ3v) is 4.89. The molecule has 134 valence electrons. The third-order valence-electron chi connectivity index (χ3n) is 4.18. The predicted octanol–water partition coefficient (Wildman–Crippen LogP) is 3.03. The fraction of sp³-hybridized carbons (Fsp3) is 0.167. The van der Waals surface area contributed by atoms with Gasteiger partial charge in [-0.25, -0.2) is 4.79 Å². The van der Waals surface area contributed by atoms with Gasteiger partial charge < -0.3 is 5.32 Å². The Labute approximate surface area is 160 Å². The Balaban J connectivity index is 1.77. The van der Waals surface area contributed by atoms with Gasteiger partial charge in [-0.1, -0.05) is 59.6 Å². The van der Waals surface area contributed by atoms with Gasteiger partial charge in [0, 0.05) is 10.0 Å². The van der Waals surface area contributed by atoms with Gasteiger partial charge in [-0.15, -0.1) is 0 Å². The first-order chi connectivity index (χ1) is 12.3. The van der Waals surface area contributed by atoms with Crippen LogP contribution in [0.3, 0.4) is 0 Å². The molecule has 1 heterocycles. The SMILES string of the molecule is C[C@@]1(c2ccccc2)NC(=O)N(NC(=O)Cc2c(Cl)cccc2Cl)C1=O. The number of amides is 4. The summed E-state index contributed by atoms with van der Waals surface area (Å²) in [7, 11) is 0. The van der Waals surface area contributed by atoms with Crippen LogP contribution in [0.4, 0.5) is 4.79 Å². The van der Waals surface area contributed by atoms with Crippen molar-refractivity contribution in [2.75, 3.05) is 0 Å². The van der Waals surface area contributed by atoms with E-state index in [2.05, 4.69) is 10.7 Å². The molecule has 3 rings (SSSR count). The number of rotatable bonds is 4. The molecule has 26 heavy (non-hydrogen) atoms. The molecule has 1 fully saturated rings. The molecule has 1 atom stereocenters. The van der Waals surface area contributed by atoms with Crippen LogP contribution in [0, 0.1) is 0 Å². The Bertz CT molecular complexity index is 868. The first-order valence-corrected chi connectivity index (χ1v) is 8.53. The van der Waals surface area contributed by atoms with Crippen LogP contribution in [-0.4, -0.2) is 22.9 Å². The summed E-state index contributed by atoms with van der Waals surface area (Å²) >= 11 is 12.1. The van der Waals surface area contributed by atoms with E-state index in [1.165, 1.54) is 0 Å². The molecule has 1 aliphatic rings. The maximum atomic E-state index is 12.7. The van der Waals surface area contributed by atoms with Crippen molar-refractivity contribution < 1.29 is 14.4 Å². The van der Waals surface area contributed by atoms with E-state index in [9.17, 15) is 14.4 Å². The maximum absolute atomic E-state index is 12.7. The average Bonchev–Trinajstić information content (AvgIpc) is 2.83. The van der Waals surface area contributed by atoms with Gasteiger partial charge in [-0.05, 0) is 30.2 Å². The number of hydrazine groups is 1. The highest BCUT2D eigenvalue weighted by atomic mass is 35.5. The molecule has 0 saturated carbocycles. The normalized spacial score (nSPS) is 19.4. The molecule has 2 aromatic rings. The number of nitrogens with one attached hydrogen (secondary N) is 2. The van der Waals surface area contributed by atoms with Crippen molar-refractivity contribution in [1.82, 2.24) is 15.8 Å². The highest BCUT2D eigenvalue weighted by molar-refractivity contribution is 6.36. The summed E-state index contributed by atoms with van der Waals surface area (Å²) in [6, 6.07) is 13.0. The van der Waals surface area contributed by atoms with Crippen LogP contribution in [0.25, 0.3) is 0 Å². The zero-order chi connectivity index (χ0) is 18.9. The number of hydrogen-bond acceptors (Lipinski definition) is 3. The maximum Gasteiger partial charge on any atom is 0.344 e. The van der Waals surface area contributed by atoms with Crippen molar-refractivity contribution in [3.05, 3.63) is 69.7 Å².